The van der Waals surface area contributed by atoms with Gasteiger partial charge in [-0.1, -0.05) is 18.2 Å². The molecule has 2 aromatic carbocycles. The maximum Gasteiger partial charge on any atom is 0.151 e. The van der Waals surface area contributed by atoms with E-state index in [9.17, 15) is 8.78 Å². The van der Waals surface area contributed by atoms with Crippen LogP contribution in [-0.2, 0) is 6.54 Å². The van der Waals surface area contributed by atoms with Crippen LogP contribution in [-0.4, -0.2) is 6.54 Å². The zero-order valence-corrected chi connectivity index (χ0v) is 10.7. The lowest BCUT2D eigenvalue weighted by Crippen LogP contribution is -2.22. The van der Waals surface area contributed by atoms with Crippen molar-refractivity contribution in [1.82, 2.24) is 0 Å². The predicted molar refractivity (Wildman–Crippen MR) is 73.9 cm³/mol. The molecule has 2 nitrogen and oxygen atoms in total. The quantitative estimate of drug-likeness (QED) is 0.853. The van der Waals surface area contributed by atoms with Gasteiger partial charge in [-0.3, -0.25) is 0 Å². The average molecular weight is 262 g/mol. The first kappa shape index (κ1) is 13.3. The molecule has 2 rings (SSSR count). The molecule has 0 spiro atoms. The Morgan fingerprint density at radius 2 is 1.84 bits per heavy atom. The number of hydrogen-bond acceptors (Lipinski definition) is 2. The molecule has 0 radical (unpaired) electrons. The molecule has 2 aromatic rings. The summed E-state index contributed by atoms with van der Waals surface area (Å²) in [5.41, 5.74) is 6.91. The van der Waals surface area contributed by atoms with E-state index in [4.69, 9.17) is 5.73 Å². The molecule has 0 aromatic heterocycles. The van der Waals surface area contributed by atoms with Crippen molar-refractivity contribution in [2.24, 2.45) is 0 Å². The highest BCUT2D eigenvalue weighted by Crippen LogP contribution is 2.21. The van der Waals surface area contributed by atoms with Gasteiger partial charge in [-0.15, -0.1) is 0 Å². The van der Waals surface area contributed by atoms with E-state index >= 15 is 0 Å². The van der Waals surface area contributed by atoms with Crippen LogP contribution in [0, 0.1) is 11.6 Å². The first-order valence-corrected chi connectivity index (χ1v) is 6.15. The van der Waals surface area contributed by atoms with E-state index in [1.807, 2.05) is 11.8 Å². The highest BCUT2D eigenvalue weighted by Gasteiger charge is 2.11. The van der Waals surface area contributed by atoms with Gasteiger partial charge in [-0.2, -0.15) is 0 Å². The summed E-state index contributed by atoms with van der Waals surface area (Å²) in [6.07, 6.45) is 0. The number of rotatable bonds is 4. The summed E-state index contributed by atoms with van der Waals surface area (Å²) in [4.78, 5) is 1.89. The highest BCUT2D eigenvalue weighted by molar-refractivity contribution is 5.49. The second-order valence-electron chi connectivity index (χ2n) is 4.31. The molecule has 0 amide bonds. The van der Waals surface area contributed by atoms with E-state index in [-0.39, 0.29) is 11.5 Å². The van der Waals surface area contributed by atoms with Crippen LogP contribution in [0.4, 0.5) is 20.2 Å². The fourth-order valence-corrected chi connectivity index (χ4v) is 1.99. The van der Waals surface area contributed by atoms with Crippen molar-refractivity contribution >= 4 is 11.4 Å². The van der Waals surface area contributed by atoms with Gasteiger partial charge in [0.1, 0.15) is 5.82 Å². The first-order chi connectivity index (χ1) is 9.11. The van der Waals surface area contributed by atoms with Gasteiger partial charge in [0.05, 0.1) is 5.69 Å². The van der Waals surface area contributed by atoms with Crippen LogP contribution in [0.25, 0.3) is 0 Å². The number of hydrogen-bond donors (Lipinski definition) is 1. The number of halogens is 2. The van der Waals surface area contributed by atoms with Crippen molar-refractivity contribution in [3.63, 3.8) is 0 Å². The minimum atomic E-state index is -0.405. The molecule has 0 fully saturated rings. The van der Waals surface area contributed by atoms with Crippen molar-refractivity contribution in [2.45, 2.75) is 13.5 Å². The minimum absolute atomic E-state index is 0.132. The van der Waals surface area contributed by atoms with E-state index in [0.29, 0.717) is 18.7 Å². The lowest BCUT2D eigenvalue weighted by atomic mass is 10.1. The Bertz CT molecular complexity index is 570. The number of benzene rings is 2. The molecule has 0 aliphatic heterocycles. The third kappa shape index (κ3) is 3.02. The Morgan fingerprint density at radius 1 is 1.11 bits per heavy atom. The van der Waals surface area contributed by atoms with E-state index in [2.05, 4.69) is 0 Å². The van der Waals surface area contributed by atoms with Crippen molar-refractivity contribution in [3.8, 4) is 0 Å². The van der Waals surface area contributed by atoms with Gasteiger partial charge in [-0.25, -0.2) is 8.78 Å². The SMILES string of the molecule is CCN(Cc1cccc(N)c1F)c1cccc(F)c1. The monoisotopic (exact) mass is 262 g/mol. The van der Waals surface area contributed by atoms with Crippen LogP contribution < -0.4 is 10.6 Å². The van der Waals surface area contributed by atoms with E-state index < -0.39 is 5.82 Å². The topological polar surface area (TPSA) is 29.3 Å². The summed E-state index contributed by atoms with van der Waals surface area (Å²) >= 11 is 0. The van der Waals surface area contributed by atoms with E-state index in [1.165, 1.54) is 18.2 Å². The van der Waals surface area contributed by atoms with Crippen LogP contribution in [0.2, 0.25) is 0 Å². The standard InChI is InChI=1S/C15H16F2N2/c1-2-19(13-7-4-6-12(16)9-13)10-11-5-3-8-14(18)15(11)17/h3-9H,2,10,18H2,1H3. The van der Waals surface area contributed by atoms with Gasteiger partial charge in [0, 0.05) is 24.3 Å². The van der Waals surface area contributed by atoms with Crippen LogP contribution in [0.15, 0.2) is 42.5 Å². The molecule has 0 saturated carbocycles. The average Bonchev–Trinajstić information content (AvgIpc) is 2.40. The summed E-state index contributed by atoms with van der Waals surface area (Å²) in [6.45, 7) is 2.95. The van der Waals surface area contributed by atoms with Gasteiger partial charge >= 0.3 is 0 Å². The van der Waals surface area contributed by atoms with Gasteiger partial charge in [-0.05, 0) is 31.2 Å². The fourth-order valence-electron chi connectivity index (χ4n) is 1.99. The smallest absolute Gasteiger partial charge is 0.151 e. The Morgan fingerprint density at radius 3 is 2.53 bits per heavy atom. The normalized spacial score (nSPS) is 10.5. The lowest BCUT2D eigenvalue weighted by molar-refractivity contribution is 0.608. The third-order valence-corrected chi connectivity index (χ3v) is 3.02. The summed E-state index contributed by atoms with van der Waals surface area (Å²) in [6, 6.07) is 11.2. The van der Waals surface area contributed by atoms with E-state index in [0.717, 1.165) is 5.69 Å². The molecule has 0 aliphatic rings. The molecule has 0 unspecified atom stereocenters. The Balaban J connectivity index is 2.26. The van der Waals surface area contributed by atoms with Crippen LogP contribution in [0.1, 0.15) is 12.5 Å². The molecule has 19 heavy (non-hydrogen) atoms. The molecule has 4 heteroatoms. The molecule has 2 N–H and O–H groups in total. The first-order valence-electron chi connectivity index (χ1n) is 6.15. The predicted octanol–water partition coefficient (Wildman–Crippen LogP) is 3.57. The summed E-state index contributed by atoms with van der Waals surface area (Å²) < 4.78 is 27.1. The second-order valence-corrected chi connectivity index (χ2v) is 4.31. The largest absolute Gasteiger partial charge is 0.396 e. The van der Waals surface area contributed by atoms with Crippen LogP contribution in [0.3, 0.4) is 0 Å². The zero-order valence-electron chi connectivity index (χ0n) is 10.7. The lowest BCUT2D eigenvalue weighted by Gasteiger charge is -2.23. The molecular weight excluding hydrogens is 246 g/mol. The molecule has 0 heterocycles. The van der Waals surface area contributed by atoms with Crippen molar-refractivity contribution in [2.75, 3.05) is 17.2 Å². The maximum absolute atomic E-state index is 13.9. The molecule has 0 aliphatic carbocycles. The van der Waals surface area contributed by atoms with Gasteiger partial charge in [0.15, 0.2) is 5.82 Å². The number of nitrogens with zero attached hydrogens (tertiary/aromatic N) is 1. The van der Waals surface area contributed by atoms with Crippen LogP contribution in [0.5, 0.6) is 0 Å². The molecule has 0 atom stereocenters. The maximum atomic E-state index is 13.9. The fraction of sp³-hybridized carbons (Fsp3) is 0.200. The van der Waals surface area contributed by atoms with Gasteiger partial charge in [0.2, 0.25) is 0 Å². The minimum Gasteiger partial charge on any atom is -0.396 e. The zero-order chi connectivity index (χ0) is 13.8. The van der Waals surface area contributed by atoms with Crippen LogP contribution >= 0.6 is 0 Å². The van der Waals surface area contributed by atoms with Crippen molar-refractivity contribution in [3.05, 3.63) is 59.7 Å². The Hall–Kier alpha value is -2.10. The van der Waals surface area contributed by atoms with Gasteiger partial charge in [0.25, 0.3) is 0 Å². The summed E-state index contributed by atoms with van der Waals surface area (Å²) in [5.74, 6) is -0.707. The molecular formula is C15H16F2N2. The van der Waals surface area contributed by atoms with E-state index in [1.54, 1.807) is 24.3 Å². The van der Waals surface area contributed by atoms with Crippen molar-refractivity contribution in [1.29, 1.82) is 0 Å². The van der Waals surface area contributed by atoms with Crippen molar-refractivity contribution < 1.29 is 8.78 Å². The third-order valence-electron chi connectivity index (χ3n) is 3.02. The Kier molecular flexibility index (Phi) is 4.00. The second kappa shape index (κ2) is 5.69. The Labute approximate surface area is 111 Å². The summed E-state index contributed by atoms with van der Waals surface area (Å²) in [5, 5.41) is 0. The number of nitrogen functional groups attached to an aromatic ring is 1. The molecule has 0 bridgehead atoms. The highest BCUT2D eigenvalue weighted by atomic mass is 19.1. The number of nitrogens with two attached hydrogens (primary N) is 1. The summed E-state index contributed by atoms with van der Waals surface area (Å²) in [7, 11) is 0. The number of anilines is 2. The van der Waals surface area contributed by atoms with Gasteiger partial charge < -0.3 is 10.6 Å². The molecule has 0 saturated heterocycles. The molecule has 100 valence electrons.